The number of amides is 1. The molecule has 2 N–H and O–H groups in total. The summed E-state index contributed by atoms with van der Waals surface area (Å²) in [6, 6.07) is 13.9. The molecule has 2 rings (SSSR count). The molecule has 0 saturated carbocycles. The van der Waals surface area contributed by atoms with Gasteiger partial charge in [0.2, 0.25) is 0 Å². The smallest absolute Gasteiger partial charge is 0.251 e. The van der Waals surface area contributed by atoms with Gasteiger partial charge in [-0.05, 0) is 37.1 Å². The van der Waals surface area contributed by atoms with Crippen molar-refractivity contribution in [1.29, 1.82) is 0 Å². The lowest BCUT2D eigenvalue weighted by molar-refractivity contribution is 0.0917. The van der Waals surface area contributed by atoms with E-state index in [1.807, 2.05) is 37.3 Å². The van der Waals surface area contributed by atoms with Gasteiger partial charge in [0.1, 0.15) is 0 Å². The minimum atomic E-state index is -0.620. The number of nitrogens with one attached hydrogen (secondary N) is 1. The average molecular weight is 338 g/mol. The Morgan fingerprint density at radius 1 is 1.14 bits per heavy atom. The first-order chi connectivity index (χ1) is 10.5. The monoisotopic (exact) mass is 337 g/mol. The van der Waals surface area contributed by atoms with E-state index in [1.54, 1.807) is 12.1 Å². The second-order valence-electron chi connectivity index (χ2n) is 5.17. The Morgan fingerprint density at radius 3 is 2.45 bits per heavy atom. The van der Waals surface area contributed by atoms with Crippen LogP contribution in [-0.2, 0) is 0 Å². The van der Waals surface area contributed by atoms with Crippen molar-refractivity contribution in [2.45, 2.75) is 25.5 Å². The second kappa shape index (κ2) is 7.63. The summed E-state index contributed by atoms with van der Waals surface area (Å²) in [7, 11) is 0. The van der Waals surface area contributed by atoms with Crippen molar-refractivity contribution in [2.24, 2.45) is 0 Å². The fraction of sp³-hybridized carbons (Fsp3) is 0.235. The molecular weight excluding hydrogens is 321 g/mol. The Bertz CT molecular complexity index is 646. The third kappa shape index (κ3) is 4.47. The summed E-state index contributed by atoms with van der Waals surface area (Å²) in [5.41, 5.74) is 1.27. The largest absolute Gasteiger partial charge is 0.388 e. The van der Waals surface area contributed by atoms with Crippen LogP contribution in [0, 0.1) is 0 Å². The van der Waals surface area contributed by atoms with Gasteiger partial charge in [-0.15, -0.1) is 0 Å². The third-order valence-corrected chi connectivity index (χ3v) is 4.06. The van der Waals surface area contributed by atoms with Gasteiger partial charge in [0.25, 0.3) is 5.91 Å². The molecule has 0 spiro atoms. The summed E-state index contributed by atoms with van der Waals surface area (Å²) in [6.07, 6.45) is -0.192. The van der Waals surface area contributed by atoms with Crippen molar-refractivity contribution in [3.05, 3.63) is 69.7 Å². The van der Waals surface area contributed by atoms with Crippen molar-refractivity contribution in [3.8, 4) is 0 Å². The Balaban J connectivity index is 1.95. The standard InChI is InChI=1S/C17H17Cl2NO2/c1-11(9-16(21)12-5-3-2-4-6-12)20-17(22)13-7-8-14(18)15(19)10-13/h2-8,10-11,16,21H,9H2,1H3,(H,20,22)/t11-,16-/m1/s1. The molecule has 0 heterocycles. The summed E-state index contributed by atoms with van der Waals surface area (Å²) in [5, 5.41) is 13.8. The number of carbonyl (C=O) groups is 1. The predicted octanol–water partition coefficient (Wildman–Crippen LogP) is 4.24. The van der Waals surface area contributed by atoms with Crippen molar-refractivity contribution in [3.63, 3.8) is 0 Å². The normalized spacial score (nSPS) is 13.5. The highest BCUT2D eigenvalue weighted by Crippen LogP contribution is 2.23. The highest BCUT2D eigenvalue weighted by molar-refractivity contribution is 6.42. The number of benzene rings is 2. The third-order valence-electron chi connectivity index (χ3n) is 3.32. The molecule has 0 aliphatic carbocycles. The zero-order chi connectivity index (χ0) is 16.1. The molecule has 0 radical (unpaired) electrons. The molecule has 2 atom stereocenters. The summed E-state index contributed by atoms with van der Waals surface area (Å²) in [4.78, 5) is 12.1. The minimum absolute atomic E-state index is 0.183. The summed E-state index contributed by atoms with van der Waals surface area (Å²) < 4.78 is 0. The highest BCUT2D eigenvalue weighted by atomic mass is 35.5. The Morgan fingerprint density at radius 2 is 1.82 bits per heavy atom. The van der Waals surface area contributed by atoms with Gasteiger partial charge in [0.05, 0.1) is 16.1 Å². The molecule has 1 amide bonds. The first-order valence-electron chi connectivity index (χ1n) is 6.96. The van der Waals surface area contributed by atoms with Gasteiger partial charge >= 0.3 is 0 Å². The van der Waals surface area contributed by atoms with Crippen molar-refractivity contribution in [1.82, 2.24) is 5.32 Å². The average Bonchev–Trinajstić information content (AvgIpc) is 2.50. The molecule has 2 aromatic carbocycles. The molecule has 2 aromatic rings. The molecular formula is C17H17Cl2NO2. The van der Waals surface area contributed by atoms with E-state index in [2.05, 4.69) is 5.32 Å². The summed E-state index contributed by atoms with van der Waals surface area (Å²) >= 11 is 11.7. The molecule has 0 unspecified atom stereocenters. The molecule has 22 heavy (non-hydrogen) atoms. The zero-order valence-corrected chi connectivity index (χ0v) is 13.6. The number of halogens is 2. The number of carbonyl (C=O) groups excluding carboxylic acids is 1. The quantitative estimate of drug-likeness (QED) is 0.857. The Kier molecular flexibility index (Phi) is 5.83. The fourth-order valence-corrected chi connectivity index (χ4v) is 2.45. The van der Waals surface area contributed by atoms with Crippen molar-refractivity contribution < 1.29 is 9.90 Å². The van der Waals surface area contributed by atoms with Crippen LogP contribution in [0.3, 0.4) is 0 Å². The van der Waals surface area contributed by atoms with Crippen LogP contribution in [0.4, 0.5) is 0 Å². The topological polar surface area (TPSA) is 49.3 Å². The molecule has 0 saturated heterocycles. The van der Waals surface area contributed by atoms with E-state index in [-0.39, 0.29) is 11.9 Å². The maximum atomic E-state index is 12.1. The van der Waals surface area contributed by atoms with E-state index in [0.717, 1.165) is 5.56 Å². The van der Waals surface area contributed by atoms with E-state index in [1.165, 1.54) is 6.07 Å². The highest BCUT2D eigenvalue weighted by Gasteiger charge is 2.15. The van der Waals surface area contributed by atoms with Gasteiger partial charge in [-0.3, -0.25) is 4.79 Å². The number of aliphatic hydroxyl groups excluding tert-OH is 1. The minimum Gasteiger partial charge on any atom is -0.388 e. The molecule has 0 bridgehead atoms. The molecule has 116 valence electrons. The SMILES string of the molecule is C[C@H](C[C@@H](O)c1ccccc1)NC(=O)c1ccc(Cl)c(Cl)c1. The van der Waals surface area contributed by atoms with Crippen molar-refractivity contribution in [2.75, 3.05) is 0 Å². The second-order valence-corrected chi connectivity index (χ2v) is 5.98. The van der Waals surface area contributed by atoms with E-state index in [4.69, 9.17) is 23.2 Å². The first kappa shape index (κ1) is 16.8. The van der Waals surface area contributed by atoms with Crippen LogP contribution >= 0.6 is 23.2 Å². The van der Waals surface area contributed by atoms with E-state index in [0.29, 0.717) is 22.0 Å². The van der Waals surface area contributed by atoms with Crippen LogP contribution in [0.2, 0.25) is 10.0 Å². The van der Waals surface area contributed by atoms with Crippen LogP contribution in [0.1, 0.15) is 35.4 Å². The first-order valence-corrected chi connectivity index (χ1v) is 7.72. The van der Waals surface area contributed by atoms with E-state index >= 15 is 0 Å². The zero-order valence-electron chi connectivity index (χ0n) is 12.1. The van der Waals surface area contributed by atoms with Crippen LogP contribution in [0.5, 0.6) is 0 Å². The molecule has 0 aliphatic rings. The molecule has 5 heteroatoms. The van der Waals surface area contributed by atoms with Crippen LogP contribution in [-0.4, -0.2) is 17.1 Å². The van der Waals surface area contributed by atoms with E-state index in [9.17, 15) is 9.90 Å². The lowest BCUT2D eigenvalue weighted by Crippen LogP contribution is -2.33. The van der Waals surface area contributed by atoms with Gasteiger partial charge in [-0.25, -0.2) is 0 Å². The van der Waals surface area contributed by atoms with Gasteiger partial charge in [0.15, 0.2) is 0 Å². The predicted molar refractivity (Wildman–Crippen MR) is 89.4 cm³/mol. The Hall–Kier alpha value is -1.55. The maximum absolute atomic E-state index is 12.1. The lowest BCUT2D eigenvalue weighted by Gasteiger charge is -2.18. The number of rotatable bonds is 5. The van der Waals surface area contributed by atoms with Crippen LogP contribution < -0.4 is 5.32 Å². The van der Waals surface area contributed by atoms with Crippen LogP contribution in [0.25, 0.3) is 0 Å². The van der Waals surface area contributed by atoms with Crippen molar-refractivity contribution >= 4 is 29.1 Å². The maximum Gasteiger partial charge on any atom is 0.251 e. The van der Waals surface area contributed by atoms with E-state index < -0.39 is 6.10 Å². The summed E-state index contributed by atoms with van der Waals surface area (Å²) in [5.74, 6) is -0.244. The number of aliphatic hydroxyl groups is 1. The van der Waals surface area contributed by atoms with Gasteiger partial charge < -0.3 is 10.4 Å². The lowest BCUT2D eigenvalue weighted by atomic mass is 10.0. The molecule has 0 aliphatic heterocycles. The van der Waals surface area contributed by atoms with Crippen LogP contribution in [0.15, 0.2) is 48.5 Å². The van der Waals surface area contributed by atoms with Gasteiger partial charge in [-0.1, -0.05) is 53.5 Å². The van der Waals surface area contributed by atoms with Gasteiger partial charge in [0, 0.05) is 11.6 Å². The summed E-state index contributed by atoms with van der Waals surface area (Å²) in [6.45, 7) is 1.85. The molecule has 3 nitrogen and oxygen atoms in total. The van der Waals surface area contributed by atoms with Gasteiger partial charge in [-0.2, -0.15) is 0 Å². The Labute approximate surface area is 139 Å². The number of hydrogen-bond donors (Lipinski definition) is 2. The molecule has 0 aromatic heterocycles. The molecule has 0 fully saturated rings. The fourth-order valence-electron chi connectivity index (χ4n) is 2.15. The number of hydrogen-bond acceptors (Lipinski definition) is 2.